The predicted molar refractivity (Wildman–Crippen MR) is 128 cm³/mol. The van der Waals surface area contributed by atoms with Crippen molar-refractivity contribution in [1.82, 2.24) is 4.40 Å². The molecule has 2 heterocycles. The molecule has 0 saturated carbocycles. The number of nitrogens with zero attached hydrogens (tertiary/aromatic N) is 2. The lowest BCUT2D eigenvalue weighted by Crippen LogP contribution is -1.97. The largest absolute Gasteiger partial charge is 0.396 e. The summed E-state index contributed by atoms with van der Waals surface area (Å²) in [4.78, 5) is 0. The Kier molecular flexibility index (Phi) is 4.54. The normalized spacial score (nSPS) is 10.8. The quantitative estimate of drug-likeness (QED) is 0.367. The number of nitriles is 1. The van der Waals surface area contributed by atoms with Gasteiger partial charge >= 0.3 is 0 Å². The summed E-state index contributed by atoms with van der Waals surface area (Å²) in [5, 5.41) is 10.0. The Hall–Kier alpha value is -4.29. The number of pyridine rings is 1. The average molecular weight is 399 g/mol. The molecule has 0 unspecified atom stereocenters. The van der Waals surface area contributed by atoms with Crippen molar-refractivity contribution < 1.29 is 0 Å². The highest BCUT2D eigenvalue weighted by molar-refractivity contribution is 5.92. The molecular formula is C28H21N3. The summed E-state index contributed by atoms with van der Waals surface area (Å²) in [7, 11) is 0. The van der Waals surface area contributed by atoms with Gasteiger partial charge in [-0.25, -0.2) is 0 Å². The van der Waals surface area contributed by atoms with Crippen molar-refractivity contribution in [2.45, 2.75) is 6.92 Å². The standard InChI is InChI=1S/C28H21N3/c1-19-12-14-22(15-13-19)28-27(30)24(18-29)26-17-23(20-8-4-2-5-9-20)16-25(31(26)28)21-10-6-3-7-11-21/h2-17H,30H2,1H3. The third-order valence-corrected chi connectivity index (χ3v) is 5.68. The second kappa shape index (κ2) is 7.51. The van der Waals surface area contributed by atoms with Gasteiger partial charge < -0.3 is 10.1 Å². The first kappa shape index (κ1) is 18.7. The van der Waals surface area contributed by atoms with Crippen LogP contribution in [0.2, 0.25) is 0 Å². The molecule has 0 aliphatic rings. The second-order valence-corrected chi connectivity index (χ2v) is 7.70. The van der Waals surface area contributed by atoms with Crippen LogP contribution >= 0.6 is 0 Å². The summed E-state index contributed by atoms with van der Waals surface area (Å²) in [6.45, 7) is 2.06. The van der Waals surface area contributed by atoms with Gasteiger partial charge in [0.15, 0.2) is 0 Å². The highest BCUT2D eigenvalue weighted by atomic mass is 14.9. The van der Waals surface area contributed by atoms with E-state index in [1.54, 1.807) is 0 Å². The molecule has 3 nitrogen and oxygen atoms in total. The Morgan fingerprint density at radius 2 is 1.32 bits per heavy atom. The lowest BCUT2D eigenvalue weighted by molar-refractivity contribution is 1.21. The molecule has 0 amide bonds. The SMILES string of the molecule is Cc1ccc(-c2c(N)c(C#N)c3cc(-c4ccccc4)cc(-c4ccccc4)n23)cc1. The number of aryl methyl sites for hydroxylation is 1. The molecule has 0 fully saturated rings. The number of fused-ring (bicyclic) bond motifs is 1. The summed E-state index contributed by atoms with van der Waals surface area (Å²) in [6, 6.07) is 35.3. The molecule has 0 saturated heterocycles. The Morgan fingerprint density at radius 3 is 1.94 bits per heavy atom. The van der Waals surface area contributed by atoms with Crippen molar-refractivity contribution in [1.29, 1.82) is 5.26 Å². The fraction of sp³-hybridized carbons (Fsp3) is 0.0357. The number of anilines is 1. The minimum Gasteiger partial charge on any atom is -0.396 e. The van der Waals surface area contributed by atoms with Crippen LogP contribution in [-0.2, 0) is 0 Å². The lowest BCUT2D eigenvalue weighted by atomic mass is 10.0. The molecule has 5 rings (SSSR count). The van der Waals surface area contributed by atoms with Crippen LogP contribution in [0.5, 0.6) is 0 Å². The molecule has 0 bridgehead atoms. The second-order valence-electron chi connectivity index (χ2n) is 7.70. The first-order valence-corrected chi connectivity index (χ1v) is 10.2. The Bertz CT molecular complexity index is 1420. The molecule has 0 aliphatic heterocycles. The van der Waals surface area contributed by atoms with Gasteiger partial charge in [0.2, 0.25) is 0 Å². The third kappa shape index (κ3) is 3.15. The summed E-state index contributed by atoms with van der Waals surface area (Å²) >= 11 is 0. The maximum atomic E-state index is 10.0. The molecule has 0 atom stereocenters. The minimum absolute atomic E-state index is 0.505. The number of aromatic nitrogens is 1. The maximum absolute atomic E-state index is 10.0. The van der Waals surface area contributed by atoms with Gasteiger partial charge in [-0.3, -0.25) is 0 Å². The maximum Gasteiger partial charge on any atom is 0.104 e. The zero-order chi connectivity index (χ0) is 21.4. The van der Waals surface area contributed by atoms with Crippen LogP contribution in [0.25, 0.3) is 39.2 Å². The fourth-order valence-electron chi connectivity index (χ4n) is 4.13. The number of nitrogen functional groups attached to an aromatic ring is 1. The summed E-state index contributed by atoms with van der Waals surface area (Å²) in [5.74, 6) is 0. The van der Waals surface area contributed by atoms with Crippen LogP contribution in [-0.4, -0.2) is 4.40 Å². The molecule has 3 aromatic carbocycles. The Balaban J connectivity index is 1.93. The van der Waals surface area contributed by atoms with E-state index in [4.69, 9.17) is 5.73 Å². The van der Waals surface area contributed by atoms with E-state index in [1.807, 2.05) is 36.4 Å². The fourth-order valence-corrected chi connectivity index (χ4v) is 4.13. The third-order valence-electron chi connectivity index (χ3n) is 5.68. The average Bonchev–Trinajstić information content (AvgIpc) is 3.11. The minimum atomic E-state index is 0.505. The van der Waals surface area contributed by atoms with Crippen LogP contribution in [0.1, 0.15) is 11.1 Å². The highest BCUT2D eigenvalue weighted by Gasteiger charge is 2.21. The molecule has 0 radical (unpaired) electrons. The molecular weight excluding hydrogens is 378 g/mol. The zero-order valence-electron chi connectivity index (χ0n) is 17.2. The Morgan fingerprint density at radius 1 is 0.710 bits per heavy atom. The van der Waals surface area contributed by atoms with E-state index in [0.29, 0.717) is 11.3 Å². The molecule has 2 aromatic heterocycles. The van der Waals surface area contributed by atoms with Crippen LogP contribution in [0, 0.1) is 18.3 Å². The van der Waals surface area contributed by atoms with Gasteiger partial charge in [0, 0.05) is 5.56 Å². The number of benzene rings is 3. The van der Waals surface area contributed by atoms with Crippen molar-refractivity contribution in [3.8, 4) is 39.7 Å². The smallest absolute Gasteiger partial charge is 0.104 e. The molecule has 3 heteroatoms. The molecule has 5 aromatic rings. The summed E-state index contributed by atoms with van der Waals surface area (Å²) < 4.78 is 2.13. The van der Waals surface area contributed by atoms with E-state index in [0.717, 1.165) is 39.2 Å². The van der Waals surface area contributed by atoms with Gasteiger partial charge in [-0.2, -0.15) is 5.26 Å². The number of hydrogen-bond donors (Lipinski definition) is 1. The molecule has 148 valence electrons. The van der Waals surface area contributed by atoms with Gasteiger partial charge in [-0.05, 0) is 35.7 Å². The molecule has 0 spiro atoms. The lowest BCUT2D eigenvalue weighted by Gasteiger charge is -2.14. The van der Waals surface area contributed by atoms with Crippen LogP contribution in [0.15, 0.2) is 97.1 Å². The van der Waals surface area contributed by atoms with Gasteiger partial charge in [0.05, 0.1) is 22.6 Å². The van der Waals surface area contributed by atoms with Crippen molar-refractivity contribution in [2.24, 2.45) is 0 Å². The highest BCUT2D eigenvalue weighted by Crippen LogP contribution is 2.39. The summed E-state index contributed by atoms with van der Waals surface area (Å²) in [5.41, 5.74) is 15.7. The van der Waals surface area contributed by atoms with Crippen molar-refractivity contribution in [2.75, 3.05) is 5.73 Å². The van der Waals surface area contributed by atoms with Gasteiger partial charge in [0.25, 0.3) is 0 Å². The van der Waals surface area contributed by atoms with E-state index in [1.165, 1.54) is 5.56 Å². The van der Waals surface area contributed by atoms with Gasteiger partial charge in [-0.15, -0.1) is 0 Å². The van der Waals surface area contributed by atoms with Crippen LogP contribution < -0.4 is 5.73 Å². The van der Waals surface area contributed by atoms with Crippen molar-refractivity contribution >= 4 is 11.2 Å². The monoisotopic (exact) mass is 399 g/mol. The van der Waals surface area contributed by atoms with Crippen molar-refractivity contribution in [3.05, 3.63) is 108 Å². The van der Waals surface area contributed by atoms with Gasteiger partial charge in [0.1, 0.15) is 11.6 Å². The van der Waals surface area contributed by atoms with E-state index in [2.05, 4.69) is 78.1 Å². The van der Waals surface area contributed by atoms with Crippen LogP contribution in [0.3, 0.4) is 0 Å². The molecule has 2 N–H and O–H groups in total. The topological polar surface area (TPSA) is 54.2 Å². The number of hydrogen-bond acceptors (Lipinski definition) is 2. The van der Waals surface area contributed by atoms with Crippen molar-refractivity contribution in [3.63, 3.8) is 0 Å². The van der Waals surface area contributed by atoms with E-state index >= 15 is 0 Å². The Labute approximate surface area is 181 Å². The molecule has 31 heavy (non-hydrogen) atoms. The number of rotatable bonds is 3. The van der Waals surface area contributed by atoms with Crippen LogP contribution in [0.4, 0.5) is 5.69 Å². The predicted octanol–water partition coefficient (Wildman–Crippen LogP) is 6.70. The van der Waals surface area contributed by atoms with E-state index < -0.39 is 0 Å². The summed E-state index contributed by atoms with van der Waals surface area (Å²) in [6.07, 6.45) is 0. The molecule has 0 aliphatic carbocycles. The zero-order valence-corrected chi connectivity index (χ0v) is 17.2. The number of nitrogens with two attached hydrogens (primary N) is 1. The van der Waals surface area contributed by atoms with E-state index in [9.17, 15) is 5.26 Å². The first-order valence-electron chi connectivity index (χ1n) is 10.2. The van der Waals surface area contributed by atoms with E-state index in [-0.39, 0.29) is 0 Å². The van der Waals surface area contributed by atoms with Gasteiger partial charge in [-0.1, -0.05) is 90.5 Å². The first-order chi connectivity index (χ1) is 15.2.